The van der Waals surface area contributed by atoms with Gasteiger partial charge in [0.2, 0.25) is 0 Å². The lowest BCUT2D eigenvalue weighted by Gasteiger charge is -2.33. The number of β-amino-alcohol motifs (C(OH)–C–C–N with tert-alkyl or cyclic N) is 1. The highest BCUT2D eigenvalue weighted by Gasteiger charge is 2.25. The summed E-state index contributed by atoms with van der Waals surface area (Å²) in [5.74, 6) is -0.447. The summed E-state index contributed by atoms with van der Waals surface area (Å²) in [6.45, 7) is 3.23. The number of piperidine rings is 1. The summed E-state index contributed by atoms with van der Waals surface area (Å²) >= 11 is 6.25. The Morgan fingerprint density at radius 3 is 3.00 bits per heavy atom. The number of rotatable bonds is 3. The molecule has 1 heterocycles. The number of anilines is 2. The zero-order valence-electron chi connectivity index (χ0n) is 11.4. The Bertz CT molecular complexity index is 507. The molecule has 110 valence electrons. The number of ether oxygens (including phenoxy) is 1. The summed E-state index contributed by atoms with van der Waals surface area (Å²) in [5, 5.41) is 10.2. The van der Waals surface area contributed by atoms with Crippen molar-refractivity contribution >= 4 is 28.9 Å². The number of carbonyl (C=O) groups is 1. The van der Waals surface area contributed by atoms with Crippen LogP contribution in [0, 0.1) is 0 Å². The number of nitrogen functional groups attached to an aromatic ring is 1. The molecule has 1 unspecified atom stereocenters. The topological polar surface area (TPSA) is 75.8 Å². The van der Waals surface area contributed by atoms with Crippen LogP contribution in [-0.4, -0.2) is 36.9 Å². The van der Waals surface area contributed by atoms with Gasteiger partial charge in [-0.2, -0.15) is 0 Å². The van der Waals surface area contributed by atoms with E-state index in [1.54, 1.807) is 19.1 Å². The lowest BCUT2D eigenvalue weighted by atomic mass is 10.0. The molecule has 0 bridgehead atoms. The molecule has 1 fully saturated rings. The Hall–Kier alpha value is -1.46. The molecule has 0 aliphatic carbocycles. The number of benzene rings is 1. The molecule has 1 aromatic carbocycles. The summed E-state index contributed by atoms with van der Waals surface area (Å²) in [5.41, 5.74) is 7.12. The second-order valence-electron chi connectivity index (χ2n) is 4.86. The second kappa shape index (κ2) is 6.33. The molecule has 0 aromatic heterocycles. The molecule has 2 rings (SSSR count). The fraction of sp³-hybridized carbons (Fsp3) is 0.500. The van der Waals surface area contributed by atoms with Gasteiger partial charge in [-0.3, -0.25) is 0 Å². The number of nitrogens with two attached hydrogens (primary N) is 1. The van der Waals surface area contributed by atoms with Gasteiger partial charge in [0.15, 0.2) is 0 Å². The van der Waals surface area contributed by atoms with E-state index < -0.39 is 12.1 Å². The first-order valence-corrected chi connectivity index (χ1v) is 7.10. The van der Waals surface area contributed by atoms with Crippen LogP contribution in [0.3, 0.4) is 0 Å². The van der Waals surface area contributed by atoms with Gasteiger partial charge in [0.1, 0.15) is 0 Å². The highest BCUT2D eigenvalue weighted by Crippen LogP contribution is 2.34. The van der Waals surface area contributed by atoms with Crippen molar-refractivity contribution in [3.8, 4) is 0 Å². The number of carbonyl (C=O) groups excluding carboxylic acids is 1. The van der Waals surface area contributed by atoms with Crippen LogP contribution in [0.4, 0.5) is 11.4 Å². The molecule has 0 saturated carbocycles. The van der Waals surface area contributed by atoms with Crippen LogP contribution >= 0.6 is 11.6 Å². The maximum Gasteiger partial charge on any atom is 0.340 e. The van der Waals surface area contributed by atoms with E-state index in [1.807, 2.05) is 4.90 Å². The van der Waals surface area contributed by atoms with E-state index in [0.29, 0.717) is 28.5 Å². The number of aliphatic hydroxyl groups is 1. The molecule has 1 saturated heterocycles. The van der Waals surface area contributed by atoms with Gasteiger partial charge in [0.05, 0.1) is 29.0 Å². The largest absolute Gasteiger partial charge is 0.462 e. The Labute approximate surface area is 123 Å². The van der Waals surface area contributed by atoms with Crippen LogP contribution in [0.5, 0.6) is 0 Å². The molecule has 0 amide bonds. The van der Waals surface area contributed by atoms with Gasteiger partial charge in [0.25, 0.3) is 0 Å². The fourth-order valence-electron chi connectivity index (χ4n) is 2.46. The normalized spacial score (nSPS) is 18.9. The van der Waals surface area contributed by atoms with Gasteiger partial charge in [-0.1, -0.05) is 11.6 Å². The molecule has 5 nitrogen and oxygen atoms in total. The van der Waals surface area contributed by atoms with Gasteiger partial charge >= 0.3 is 5.97 Å². The molecule has 0 radical (unpaired) electrons. The molecule has 1 atom stereocenters. The van der Waals surface area contributed by atoms with E-state index in [2.05, 4.69) is 0 Å². The lowest BCUT2D eigenvalue weighted by Crippen LogP contribution is -2.39. The van der Waals surface area contributed by atoms with Crippen molar-refractivity contribution in [2.45, 2.75) is 25.9 Å². The molecule has 1 aliphatic heterocycles. The molecule has 3 N–H and O–H groups in total. The van der Waals surface area contributed by atoms with E-state index >= 15 is 0 Å². The SMILES string of the molecule is CCOC(=O)c1cc(N)cc(Cl)c1N1CCCC(O)C1. The second-order valence-corrected chi connectivity index (χ2v) is 5.27. The molecule has 20 heavy (non-hydrogen) atoms. The van der Waals surface area contributed by atoms with Crippen molar-refractivity contribution < 1.29 is 14.6 Å². The molecular formula is C14H19ClN2O3. The van der Waals surface area contributed by atoms with Crippen LogP contribution in [0.15, 0.2) is 12.1 Å². The third-order valence-corrected chi connectivity index (χ3v) is 3.58. The van der Waals surface area contributed by atoms with Gasteiger partial charge in [-0.15, -0.1) is 0 Å². The molecule has 1 aliphatic rings. The number of aliphatic hydroxyl groups excluding tert-OH is 1. The van der Waals surface area contributed by atoms with Crippen LogP contribution in [0.25, 0.3) is 0 Å². The van der Waals surface area contributed by atoms with Crippen molar-refractivity contribution in [1.29, 1.82) is 0 Å². The van der Waals surface area contributed by atoms with Crippen LogP contribution in [0.2, 0.25) is 5.02 Å². The molecule has 0 spiro atoms. The third kappa shape index (κ3) is 3.16. The number of nitrogens with zero attached hydrogens (tertiary/aromatic N) is 1. The predicted octanol–water partition coefficient (Wildman–Crippen LogP) is 2.06. The minimum absolute atomic E-state index is 0.285. The highest BCUT2D eigenvalue weighted by atomic mass is 35.5. The first-order valence-electron chi connectivity index (χ1n) is 6.72. The summed E-state index contributed by atoms with van der Waals surface area (Å²) in [6.07, 6.45) is 1.20. The molecule has 1 aromatic rings. The number of halogens is 1. The monoisotopic (exact) mass is 298 g/mol. The Morgan fingerprint density at radius 2 is 2.35 bits per heavy atom. The Balaban J connectivity index is 2.41. The van der Waals surface area contributed by atoms with Crippen LogP contribution in [-0.2, 0) is 4.74 Å². The number of esters is 1. The van der Waals surface area contributed by atoms with Crippen molar-refractivity contribution in [2.24, 2.45) is 0 Å². The number of hydrogen-bond acceptors (Lipinski definition) is 5. The zero-order valence-corrected chi connectivity index (χ0v) is 12.2. The minimum Gasteiger partial charge on any atom is -0.462 e. The van der Waals surface area contributed by atoms with Crippen molar-refractivity contribution in [1.82, 2.24) is 0 Å². The smallest absolute Gasteiger partial charge is 0.340 e. The van der Waals surface area contributed by atoms with Crippen LogP contribution < -0.4 is 10.6 Å². The first-order chi connectivity index (χ1) is 9.52. The van der Waals surface area contributed by atoms with Gasteiger partial charge in [-0.05, 0) is 31.9 Å². The Kier molecular flexibility index (Phi) is 4.73. The average molecular weight is 299 g/mol. The van der Waals surface area contributed by atoms with E-state index in [4.69, 9.17) is 22.1 Å². The summed E-state index contributed by atoms with van der Waals surface area (Å²) in [4.78, 5) is 14.0. The number of hydrogen-bond donors (Lipinski definition) is 2. The highest BCUT2D eigenvalue weighted by molar-refractivity contribution is 6.34. The first kappa shape index (κ1) is 14.9. The average Bonchev–Trinajstić information content (AvgIpc) is 2.38. The maximum absolute atomic E-state index is 12.1. The molecule has 6 heteroatoms. The van der Waals surface area contributed by atoms with Crippen LogP contribution in [0.1, 0.15) is 30.1 Å². The summed E-state index contributed by atoms with van der Waals surface area (Å²) in [6, 6.07) is 3.18. The third-order valence-electron chi connectivity index (χ3n) is 3.29. The fourth-order valence-corrected chi connectivity index (χ4v) is 2.81. The van der Waals surface area contributed by atoms with Crippen molar-refractivity contribution in [2.75, 3.05) is 30.3 Å². The molecular weight excluding hydrogens is 280 g/mol. The van der Waals surface area contributed by atoms with Gasteiger partial charge in [-0.25, -0.2) is 4.79 Å². The quantitative estimate of drug-likeness (QED) is 0.660. The van der Waals surface area contributed by atoms with Crippen molar-refractivity contribution in [3.05, 3.63) is 22.7 Å². The van der Waals surface area contributed by atoms with Crippen molar-refractivity contribution in [3.63, 3.8) is 0 Å². The lowest BCUT2D eigenvalue weighted by molar-refractivity contribution is 0.0526. The standard InChI is InChI=1S/C14H19ClN2O3/c1-2-20-14(19)11-6-9(16)7-12(15)13(11)17-5-3-4-10(18)8-17/h6-7,10,18H,2-5,8,16H2,1H3. The summed E-state index contributed by atoms with van der Waals surface area (Å²) in [7, 11) is 0. The van der Waals surface area contributed by atoms with E-state index in [0.717, 1.165) is 19.4 Å². The minimum atomic E-state index is -0.447. The predicted molar refractivity (Wildman–Crippen MR) is 79.3 cm³/mol. The van der Waals surface area contributed by atoms with Gasteiger partial charge < -0.3 is 20.5 Å². The van der Waals surface area contributed by atoms with E-state index in [-0.39, 0.29) is 6.61 Å². The van der Waals surface area contributed by atoms with E-state index in [9.17, 15) is 9.90 Å². The zero-order chi connectivity index (χ0) is 14.7. The maximum atomic E-state index is 12.1. The summed E-state index contributed by atoms with van der Waals surface area (Å²) < 4.78 is 5.05. The van der Waals surface area contributed by atoms with Gasteiger partial charge in [0, 0.05) is 18.8 Å². The van der Waals surface area contributed by atoms with E-state index in [1.165, 1.54) is 0 Å². The Morgan fingerprint density at radius 1 is 1.60 bits per heavy atom.